The van der Waals surface area contributed by atoms with Crippen LogP contribution >= 0.6 is 0 Å². The van der Waals surface area contributed by atoms with Crippen LogP contribution in [0.2, 0.25) is 0 Å². The van der Waals surface area contributed by atoms with Crippen molar-refractivity contribution in [2.75, 3.05) is 7.11 Å². The SMILES string of the molecule is COC(=O)c1cc(C(=O)/C=C/c2ccc([N+](=O)[O-])cc2)c2cccccc1-2. The fourth-order valence-corrected chi connectivity index (χ4v) is 2.77. The molecule has 0 radical (unpaired) electrons. The number of carbonyl (C=O) groups is 2. The predicted molar refractivity (Wildman–Crippen MR) is 101 cm³/mol. The van der Waals surface area contributed by atoms with Gasteiger partial charge in [-0.05, 0) is 41.0 Å². The van der Waals surface area contributed by atoms with Crippen molar-refractivity contribution >= 4 is 23.5 Å². The molecule has 1 aromatic carbocycles. The van der Waals surface area contributed by atoms with E-state index in [0.717, 1.165) is 0 Å². The average Bonchev–Trinajstić information content (AvgIpc) is 2.87. The number of ketones is 1. The minimum atomic E-state index is -0.510. The summed E-state index contributed by atoms with van der Waals surface area (Å²) >= 11 is 0. The molecule has 134 valence electrons. The van der Waals surface area contributed by atoms with Gasteiger partial charge in [0.1, 0.15) is 0 Å². The molecule has 0 heterocycles. The predicted octanol–water partition coefficient (Wildman–Crippen LogP) is 4.38. The summed E-state index contributed by atoms with van der Waals surface area (Å²) in [6.45, 7) is 0. The number of rotatable bonds is 5. The zero-order valence-electron chi connectivity index (χ0n) is 14.4. The lowest BCUT2D eigenvalue weighted by molar-refractivity contribution is -0.384. The molecule has 3 rings (SSSR count). The van der Waals surface area contributed by atoms with E-state index in [1.54, 1.807) is 42.5 Å². The Morgan fingerprint density at radius 2 is 1.59 bits per heavy atom. The highest BCUT2D eigenvalue weighted by Gasteiger charge is 2.22. The Kier molecular flexibility index (Phi) is 5.08. The molecular formula is C21H15NO5. The molecular weight excluding hydrogens is 346 g/mol. The summed E-state index contributed by atoms with van der Waals surface area (Å²) in [6, 6.07) is 16.3. The molecule has 2 aliphatic rings. The number of non-ortho nitro benzene ring substituents is 1. The Morgan fingerprint density at radius 3 is 2.19 bits per heavy atom. The highest BCUT2D eigenvalue weighted by Crippen LogP contribution is 2.33. The first-order chi connectivity index (χ1) is 13.0. The van der Waals surface area contributed by atoms with E-state index in [1.165, 1.54) is 31.4 Å². The number of fused-ring (bicyclic) bond motifs is 1. The van der Waals surface area contributed by atoms with Crippen molar-refractivity contribution in [1.82, 2.24) is 0 Å². The van der Waals surface area contributed by atoms with Gasteiger partial charge in [0.2, 0.25) is 0 Å². The van der Waals surface area contributed by atoms with Gasteiger partial charge < -0.3 is 4.74 Å². The third-order valence-corrected chi connectivity index (χ3v) is 4.11. The fraction of sp³-hybridized carbons (Fsp3) is 0.0476. The van der Waals surface area contributed by atoms with E-state index < -0.39 is 10.9 Å². The smallest absolute Gasteiger partial charge is 0.338 e. The quantitative estimate of drug-likeness (QED) is 0.221. The Bertz CT molecular complexity index is 1020. The van der Waals surface area contributed by atoms with Gasteiger partial charge in [-0.15, -0.1) is 0 Å². The molecule has 0 spiro atoms. The van der Waals surface area contributed by atoms with Crippen molar-refractivity contribution in [3.05, 3.63) is 93.5 Å². The molecule has 0 aliphatic heterocycles. The second-order valence-corrected chi connectivity index (χ2v) is 5.75. The van der Waals surface area contributed by atoms with Crippen molar-refractivity contribution < 1.29 is 19.2 Å². The number of nitrogens with zero attached hydrogens (tertiary/aromatic N) is 1. The van der Waals surface area contributed by atoms with Gasteiger partial charge in [0.05, 0.1) is 17.6 Å². The minimum Gasteiger partial charge on any atom is -0.465 e. The lowest BCUT2D eigenvalue weighted by Gasteiger charge is -1.99. The maximum atomic E-state index is 12.7. The highest BCUT2D eigenvalue weighted by molar-refractivity contribution is 6.15. The molecule has 0 aromatic heterocycles. The molecule has 0 fully saturated rings. The van der Waals surface area contributed by atoms with Crippen molar-refractivity contribution in [3.63, 3.8) is 0 Å². The first kappa shape index (κ1) is 18.0. The van der Waals surface area contributed by atoms with Crippen molar-refractivity contribution in [1.29, 1.82) is 0 Å². The van der Waals surface area contributed by atoms with E-state index in [1.807, 2.05) is 6.07 Å². The Labute approximate surface area is 155 Å². The number of ether oxygens (including phenoxy) is 1. The van der Waals surface area contributed by atoms with Gasteiger partial charge in [0.15, 0.2) is 5.78 Å². The highest BCUT2D eigenvalue weighted by atomic mass is 16.6. The van der Waals surface area contributed by atoms with E-state index in [9.17, 15) is 19.7 Å². The number of carbonyl (C=O) groups excluding carboxylic acids is 2. The van der Waals surface area contributed by atoms with Gasteiger partial charge in [-0.1, -0.05) is 36.4 Å². The Hall–Kier alpha value is -3.80. The molecule has 0 saturated carbocycles. The van der Waals surface area contributed by atoms with Gasteiger partial charge >= 0.3 is 5.97 Å². The van der Waals surface area contributed by atoms with Crippen LogP contribution in [-0.4, -0.2) is 23.8 Å². The molecule has 0 saturated heterocycles. The van der Waals surface area contributed by atoms with Crippen molar-refractivity contribution in [3.8, 4) is 11.1 Å². The standard InChI is InChI=1S/C21H15NO5/c1-27-21(24)19-13-18(16-5-3-2-4-6-17(16)19)20(23)12-9-14-7-10-15(11-8-14)22(25)26/h2-13H,1H3/b12-9+. The summed E-state index contributed by atoms with van der Waals surface area (Å²) in [5.74, 6) is -0.788. The lowest BCUT2D eigenvalue weighted by atomic mass is 10.0. The zero-order valence-corrected chi connectivity index (χ0v) is 14.4. The van der Waals surface area contributed by atoms with E-state index in [-0.39, 0.29) is 11.5 Å². The van der Waals surface area contributed by atoms with Gasteiger partial charge in [0, 0.05) is 17.7 Å². The number of nitro groups is 1. The second kappa shape index (κ2) is 7.61. The van der Waals surface area contributed by atoms with E-state index in [0.29, 0.717) is 27.8 Å². The molecule has 0 N–H and O–H groups in total. The normalized spacial score (nSPS) is 10.9. The van der Waals surface area contributed by atoms with Gasteiger partial charge in [-0.3, -0.25) is 14.9 Å². The van der Waals surface area contributed by atoms with Crippen LogP contribution in [0.5, 0.6) is 0 Å². The van der Waals surface area contributed by atoms with Crippen LogP contribution in [-0.2, 0) is 4.74 Å². The van der Waals surface area contributed by atoms with Crippen LogP contribution in [0.3, 0.4) is 0 Å². The largest absolute Gasteiger partial charge is 0.465 e. The van der Waals surface area contributed by atoms with Crippen LogP contribution in [0.1, 0.15) is 26.3 Å². The summed E-state index contributed by atoms with van der Waals surface area (Å²) in [7, 11) is 1.29. The monoisotopic (exact) mass is 361 g/mol. The second-order valence-electron chi connectivity index (χ2n) is 5.75. The minimum absolute atomic E-state index is 0.0178. The maximum absolute atomic E-state index is 12.7. The number of hydrogen-bond donors (Lipinski definition) is 0. The first-order valence-corrected chi connectivity index (χ1v) is 8.08. The molecule has 6 heteroatoms. The molecule has 0 unspecified atom stereocenters. The average molecular weight is 361 g/mol. The number of esters is 1. The van der Waals surface area contributed by atoms with Crippen LogP contribution in [0.25, 0.3) is 17.2 Å². The topological polar surface area (TPSA) is 86.5 Å². The molecule has 0 amide bonds. The van der Waals surface area contributed by atoms with Gasteiger partial charge in [-0.2, -0.15) is 0 Å². The van der Waals surface area contributed by atoms with Gasteiger partial charge in [0.25, 0.3) is 5.69 Å². The number of allylic oxidation sites excluding steroid dienone is 1. The molecule has 2 aliphatic carbocycles. The Morgan fingerprint density at radius 1 is 0.963 bits per heavy atom. The van der Waals surface area contributed by atoms with Crippen LogP contribution in [0, 0.1) is 10.1 Å². The number of hydrogen-bond acceptors (Lipinski definition) is 5. The molecule has 27 heavy (non-hydrogen) atoms. The molecule has 0 atom stereocenters. The third-order valence-electron chi connectivity index (χ3n) is 4.11. The summed E-state index contributed by atoms with van der Waals surface area (Å²) in [6.07, 6.45) is 2.95. The fourth-order valence-electron chi connectivity index (χ4n) is 2.77. The van der Waals surface area contributed by atoms with Crippen LogP contribution in [0.4, 0.5) is 5.69 Å². The molecule has 0 bridgehead atoms. The van der Waals surface area contributed by atoms with Crippen LogP contribution < -0.4 is 0 Å². The summed E-state index contributed by atoms with van der Waals surface area (Å²) in [5, 5.41) is 10.7. The number of methoxy groups -OCH3 is 1. The number of benzene rings is 1. The first-order valence-electron chi connectivity index (χ1n) is 8.08. The summed E-state index contributed by atoms with van der Waals surface area (Å²) in [5.41, 5.74) is 2.65. The van der Waals surface area contributed by atoms with E-state index in [4.69, 9.17) is 4.74 Å². The molecule has 6 nitrogen and oxygen atoms in total. The number of nitro benzene ring substituents is 1. The zero-order chi connectivity index (χ0) is 19.4. The summed E-state index contributed by atoms with van der Waals surface area (Å²) < 4.78 is 4.80. The van der Waals surface area contributed by atoms with E-state index >= 15 is 0 Å². The summed E-state index contributed by atoms with van der Waals surface area (Å²) in [4.78, 5) is 34.9. The molecule has 1 aromatic rings. The maximum Gasteiger partial charge on any atom is 0.338 e. The van der Waals surface area contributed by atoms with Crippen molar-refractivity contribution in [2.24, 2.45) is 0 Å². The van der Waals surface area contributed by atoms with Crippen LogP contribution in [0.15, 0.2) is 66.7 Å². The lowest BCUT2D eigenvalue weighted by Crippen LogP contribution is -2.00. The van der Waals surface area contributed by atoms with Gasteiger partial charge in [-0.25, -0.2) is 4.79 Å². The van der Waals surface area contributed by atoms with E-state index in [2.05, 4.69) is 0 Å². The van der Waals surface area contributed by atoms with Crippen molar-refractivity contribution in [2.45, 2.75) is 0 Å². The third kappa shape index (κ3) is 3.74. The Balaban J connectivity index is 1.94.